The van der Waals surface area contributed by atoms with Gasteiger partial charge in [-0.3, -0.25) is 4.79 Å². The lowest BCUT2D eigenvalue weighted by atomic mass is 10.1. The predicted octanol–water partition coefficient (Wildman–Crippen LogP) is 2.69. The highest BCUT2D eigenvalue weighted by molar-refractivity contribution is 5.88. The van der Waals surface area contributed by atoms with Gasteiger partial charge in [0, 0.05) is 37.3 Å². The van der Waals surface area contributed by atoms with Gasteiger partial charge in [-0.15, -0.1) is 0 Å². The summed E-state index contributed by atoms with van der Waals surface area (Å²) in [5, 5.41) is 0.942. The summed E-state index contributed by atoms with van der Waals surface area (Å²) in [4.78, 5) is 22.8. The Kier molecular flexibility index (Phi) is 5.02. The SMILES string of the molecule is NCc1cc(Oc2cccc3c2ccn3CC(=O)N2CCCCC2)ncn1. The molecule has 3 aromatic rings. The number of ether oxygens (including phenoxy) is 1. The van der Waals surface area contributed by atoms with Gasteiger partial charge in [-0.05, 0) is 37.5 Å². The van der Waals surface area contributed by atoms with E-state index >= 15 is 0 Å². The Balaban J connectivity index is 1.56. The van der Waals surface area contributed by atoms with Gasteiger partial charge < -0.3 is 19.9 Å². The van der Waals surface area contributed by atoms with Crippen LogP contribution in [0.4, 0.5) is 0 Å². The Morgan fingerprint density at radius 1 is 1.15 bits per heavy atom. The van der Waals surface area contributed by atoms with Crippen molar-refractivity contribution in [2.45, 2.75) is 32.4 Å². The molecule has 0 atom stereocenters. The van der Waals surface area contributed by atoms with Crippen LogP contribution in [0.3, 0.4) is 0 Å². The Hall–Kier alpha value is -2.93. The topological polar surface area (TPSA) is 86.3 Å². The third-order valence-electron chi connectivity index (χ3n) is 4.91. The van der Waals surface area contributed by atoms with Crippen LogP contribution in [0.2, 0.25) is 0 Å². The van der Waals surface area contributed by atoms with Crippen molar-refractivity contribution < 1.29 is 9.53 Å². The van der Waals surface area contributed by atoms with E-state index in [4.69, 9.17) is 10.5 Å². The van der Waals surface area contributed by atoms with Crippen molar-refractivity contribution in [3.05, 3.63) is 48.5 Å². The first-order valence-corrected chi connectivity index (χ1v) is 9.29. The number of nitrogens with zero attached hydrogens (tertiary/aromatic N) is 4. The van der Waals surface area contributed by atoms with Crippen molar-refractivity contribution in [2.75, 3.05) is 13.1 Å². The molecule has 1 amide bonds. The summed E-state index contributed by atoms with van der Waals surface area (Å²) in [6.45, 7) is 2.41. The fourth-order valence-electron chi connectivity index (χ4n) is 3.47. The van der Waals surface area contributed by atoms with Crippen LogP contribution in [0, 0.1) is 0 Å². The van der Waals surface area contributed by atoms with Gasteiger partial charge in [0.25, 0.3) is 0 Å². The normalized spacial score (nSPS) is 14.5. The highest BCUT2D eigenvalue weighted by Crippen LogP contribution is 2.30. The number of rotatable bonds is 5. The monoisotopic (exact) mass is 365 g/mol. The van der Waals surface area contributed by atoms with Crippen molar-refractivity contribution in [3.63, 3.8) is 0 Å². The van der Waals surface area contributed by atoms with Gasteiger partial charge >= 0.3 is 0 Å². The molecule has 1 aliphatic rings. The average molecular weight is 365 g/mol. The van der Waals surface area contributed by atoms with Gasteiger partial charge in [0.1, 0.15) is 18.6 Å². The van der Waals surface area contributed by atoms with Gasteiger partial charge in [-0.1, -0.05) is 6.07 Å². The zero-order chi connectivity index (χ0) is 18.6. The van der Waals surface area contributed by atoms with Crippen LogP contribution in [-0.4, -0.2) is 38.4 Å². The molecule has 1 fully saturated rings. The number of aromatic nitrogens is 3. The first-order chi connectivity index (χ1) is 13.2. The molecule has 1 aliphatic heterocycles. The van der Waals surface area contributed by atoms with Gasteiger partial charge in [-0.25, -0.2) is 9.97 Å². The van der Waals surface area contributed by atoms with E-state index in [0.717, 1.165) is 42.5 Å². The summed E-state index contributed by atoms with van der Waals surface area (Å²) >= 11 is 0. The molecule has 0 radical (unpaired) electrons. The molecule has 0 bridgehead atoms. The molecule has 2 aromatic heterocycles. The molecular weight excluding hydrogens is 342 g/mol. The van der Waals surface area contributed by atoms with E-state index in [9.17, 15) is 4.79 Å². The zero-order valence-corrected chi connectivity index (χ0v) is 15.2. The number of piperidine rings is 1. The summed E-state index contributed by atoms with van der Waals surface area (Å²) in [6.07, 6.45) is 6.79. The molecule has 0 unspecified atom stereocenters. The molecule has 4 rings (SSSR count). The van der Waals surface area contributed by atoms with Crippen LogP contribution in [0.25, 0.3) is 10.9 Å². The summed E-state index contributed by atoms with van der Waals surface area (Å²) in [5.74, 6) is 1.32. The van der Waals surface area contributed by atoms with Crippen molar-refractivity contribution >= 4 is 16.8 Å². The molecule has 3 heterocycles. The van der Waals surface area contributed by atoms with Crippen LogP contribution >= 0.6 is 0 Å². The molecule has 2 N–H and O–H groups in total. The number of nitrogens with two attached hydrogens (primary N) is 1. The number of hydrogen-bond acceptors (Lipinski definition) is 5. The quantitative estimate of drug-likeness (QED) is 0.751. The highest BCUT2D eigenvalue weighted by Gasteiger charge is 2.18. The second-order valence-electron chi connectivity index (χ2n) is 6.73. The van der Waals surface area contributed by atoms with E-state index in [0.29, 0.717) is 24.7 Å². The van der Waals surface area contributed by atoms with E-state index < -0.39 is 0 Å². The molecule has 7 nitrogen and oxygen atoms in total. The summed E-state index contributed by atoms with van der Waals surface area (Å²) in [6, 6.07) is 9.51. The average Bonchev–Trinajstić information content (AvgIpc) is 3.13. The maximum absolute atomic E-state index is 12.6. The largest absolute Gasteiger partial charge is 0.438 e. The maximum Gasteiger partial charge on any atom is 0.242 e. The fraction of sp³-hybridized carbons (Fsp3) is 0.350. The Morgan fingerprint density at radius 3 is 2.81 bits per heavy atom. The lowest BCUT2D eigenvalue weighted by Gasteiger charge is -2.27. The highest BCUT2D eigenvalue weighted by atomic mass is 16.5. The Bertz CT molecular complexity index is 946. The van der Waals surface area contributed by atoms with Crippen molar-refractivity contribution in [1.29, 1.82) is 0 Å². The van der Waals surface area contributed by atoms with Crippen LogP contribution in [0.1, 0.15) is 25.0 Å². The number of benzene rings is 1. The molecule has 140 valence electrons. The number of amides is 1. The van der Waals surface area contributed by atoms with Crippen LogP contribution < -0.4 is 10.5 Å². The van der Waals surface area contributed by atoms with Gasteiger partial charge in [0.05, 0.1) is 11.2 Å². The van der Waals surface area contributed by atoms with Gasteiger partial charge in [0.15, 0.2) is 0 Å². The minimum absolute atomic E-state index is 0.168. The maximum atomic E-state index is 12.6. The molecule has 0 saturated carbocycles. The lowest BCUT2D eigenvalue weighted by molar-refractivity contribution is -0.132. The second kappa shape index (κ2) is 7.75. The zero-order valence-electron chi connectivity index (χ0n) is 15.2. The summed E-state index contributed by atoms with van der Waals surface area (Å²) in [5.41, 5.74) is 7.31. The van der Waals surface area contributed by atoms with Gasteiger partial charge in [-0.2, -0.15) is 0 Å². The van der Waals surface area contributed by atoms with E-state index in [1.165, 1.54) is 12.7 Å². The second-order valence-corrected chi connectivity index (χ2v) is 6.73. The number of likely N-dealkylation sites (tertiary alicyclic amines) is 1. The van der Waals surface area contributed by atoms with E-state index in [-0.39, 0.29) is 5.91 Å². The minimum Gasteiger partial charge on any atom is -0.438 e. The molecule has 0 spiro atoms. The number of carbonyl (C=O) groups is 1. The van der Waals surface area contributed by atoms with Crippen molar-refractivity contribution in [3.8, 4) is 11.6 Å². The van der Waals surface area contributed by atoms with Crippen molar-refractivity contribution in [2.24, 2.45) is 5.73 Å². The van der Waals surface area contributed by atoms with E-state index in [1.54, 1.807) is 6.07 Å². The fourth-order valence-corrected chi connectivity index (χ4v) is 3.47. The molecule has 1 saturated heterocycles. The Morgan fingerprint density at radius 2 is 2.00 bits per heavy atom. The lowest BCUT2D eigenvalue weighted by Crippen LogP contribution is -2.37. The van der Waals surface area contributed by atoms with Crippen molar-refractivity contribution in [1.82, 2.24) is 19.4 Å². The first kappa shape index (κ1) is 17.5. The molecular formula is C20H23N5O2. The summed E-state index contributed by atoms with van der Waals surface area (Å²) < 4.78 is 7.93. The van der Waals surface area contributed by atoms with Crippen LogP contribution in [0.15, 0.2) is 42.9 Å². The number of fused-ring (bicyclic) bond motifs is 1. The molecule has 7 heteroatoms. The first-order valence-electron chi connectivity index (χ1n) is 9.29. The summed E-state index contributed by atoms with van der Waals surface area (Å²) in [7, 11) is 0. The van der Waals surface area contributed by atoms with E-state index in [2.05, 4.69) is 9.97 Å². The number of hydrogen-bond donors (Lipinski definition) is 1. The molecule has 0 aliphatic carbocycles. The third kappa shape index (κ3) is 3.78. The number of carbonyl (C=O) groups excluding carboxylic acids is 1. The third-order valence-corrected chi connectivity index (χ3v) is 4.91. The van der Waals surface area contributed by atoms with Crippen LogP contribution in [-0.2, 0) is 17.9 Å². The van der Waals surface area contributed by atoms with Crippen LogP contribution in [0.5, 0.6) is 11.6 Å². The predicted molar refractivity (Wildman–Crippen MR) is 102 cm³/mol. The molecule has 1 aromatic carbocycles. The van der Waals surface area contributed by atoms with Gasteiger partial charge in [0.2, 0.25) is 11.8 Å². The molecule has 27 heavy (non-hydrogen) atoms. The minimum atomic E-state index is 0.168. The standard InChI is InChI=1S/C20H23N5O2/c21-12-15-11-19(23-14-22-15)27-18-6-4-5-17-16(18)7-10-25(17)13-20(26)24-8-2-1-3-9-24/h4-7,10-11,14H,1-3,8-9,12-13,21H2. The smallest absolute Gasteiger partial charge is 0.242 e. The Labute approximate surface area is 157 Å². The van der Waals surface area contributed by atoms with E-state index in [1.807, 2.05) is 39.9 Å².